The Morgan fingerprint density at radius 2 is 1.47 bits per heavy atom. The van der Waals surface area contributed by atoms with Crippen LogP contribution in [0.5, 0.6) is 0 Å². The summed E-state index contributed by atoms with van der Waals surface area (Å²) in [5.74, 6) is -0.611. The van der Waals surface area contributed by atoms with Crippen molar-refractivity contribution < 1.29 is 19.2 Å². The molecule has 0 saturated heterocycles. The number of rotatable bonds is 14. The Morgan fingerprint density at radius 1 is 0.933 bits per heavy atom. The van der Waals surface area contributed by atoms with Gasteiger partial charge in [0.2, 0.25) is 0 Å². The van der Waals surface area contributed by atoms with E-state index in [0.29, 0.717) is 22.0 Å². The minimum Gasteiger partial charge on any atom is -0.309 e. The van der Waals surface area contributed by atoms with Gasteiger partial charge < -0.3 is 5.41 Å². The van der Waals surface area contributed by atoms with Crippen LogP contribution in [0, 0.1) is 17.2 Å². The van der Waals surface area contributed by atoms with E-state index >= 15 is 0 Å². The minimum atomic E-state index is -0.279. The van der Waals surface area contributed by atoms with E-state index in [1.165, 1.54) is 6.92 Å². The molecule has 0 fully saturated rings. The molecule has 0 aromatic heterocycles. The van der Waals surface area contributed by atoms with Gasteiger partial charge in [0.1, 0.15) is 23.1 Å². The molecule has 0 amide bonds. The van der Waals surface area contributed by atoms with E-state index < -0.39 is 0 Å². The Hall–Kier alpha value is -1.85. The summed E-state index contributed by atoms with van der Waals surface area (Å²) in [7, 11) is 0. The van der Waals surface area contributed by atoms with Crippen LogP contribution in [-0.2, 0) is 25.6 Å². The van der Waals surface area contributed by atoms with Gasteiger partial charge in [-0.15, -0.1) is 0 Å². The van der Waals surface area contributed by atoms with Crippen LogP contribution in [0.15, 0.2) is 18.2 Å². The Labute approximate surface area is 188 Å². The van der Waals surface area contributed by atoms with Crippen molar-refractivity contribution in [2.45, 2.75) is 65.7 Å². The van der Waals surface area contributed by atoms with Crippen molar-refractivity contribution >= 4 is 52.0 Å². The van der Waals surface area contributed by atoms with Gasteiger partial charge in [0, 0.05) is 60.2 Å². The smallest absolute Gasteiger partial charge is 0.142 e. The summed E-state index contributed by atoms with van der Waals surface area (Å²) < 4.78 is 0. The average Bonchev–Trinajstić information content (AvgIpc) is 2.62. The van der Waals surface area contributed by atoms with Crippen LogP contribution in [0.4, 0.5) is 0 Å². The molecule has 0 spiro atoms. The summed E-state index contributed by atoms with van der Waals surface area (Å²) in [5, 5.41) is 8.71. The van der Waals surface area contributed by atoms with E-state index in [2.05, 4.69) is 0 Å². The van der Waals surface area contributed by atoms with E-state index in [9.17, 15) is 19.2 Å². The highest BCUT2D eigenvalue weighted by Gasteiger charge is 2.22. The van der Waals surface area contributed by atoms with Crippen LogP contribution in [0.2, 0.25) is 10.0 Å². The van der Waals surface area contributed by atoms with Gasteiger partial charge in [-0.3, -0.25) is 19.2 Å². The third-order valence-corrected chi connectivity index (χ3v) is 5.65. The van der Waals surface area contributed by atoms with E-state index in [0.717, 1.165) is 0 Å². The predicted molar refractivity (Wildman–Crippen MR) is 120 cm³/mol. The molecule has 0 saturated carbocycles. The monoisotopic (exact) mass is 453 g/mol. The van der Waals surface area contributed by atoms with Gasteiger partial charge in [-0.2, -0.15) is 0 Å². The van der Waals surface area contributed by atoms with Crippen LogP contribution >= 0.6 is 23.2 Å². The van der Waals surface area contributed by atoms with Crippen molar-refractivity contribution in [1.82, 2.24) is 0 Å². The largest absolute Gasteiger partial charge is 0.309 e. The van der Waals surface area contributed by atoms with Crippen molar-refractivity contribution in [3.05, 3.63) is 33.8 Å². The molecule has 1 rings (SSSR count). The van der Waals surface area contributed by atoms with Crippen LogP contribution in [0.25, 0.3) is 0 Å². The molecule has 1 aromatic rings. The number of halogens is 2. The molecule has 7 heteroatoms. The molecule has 0 aliphatic heterocycles. The second-order valence-electron chi connectivity index (χ2n) is 7.97. The van der Waals surface area contributed by atoms with Crippen LogP contribution in [0.1, 0.15) is 64.9 Å². The summed E-state index contributed by atoms with van der Waals surface area (Å²) in [5.41, 5.74) is 0.560. The zero-order valence-electron chi connectivity index (χ0n) is 17.7. The van der Waals surface area contributed by atoms with Gasteiger partial charge in [0.25, 0.3) is 0 Å². The normalized spacial score (nSPS) is 11.9. The molecule has 0 unspecified atom stereocenters. The Balaban J connectivity index is 2.37. The number of Topliss-reactive ketones (excluding diaryl/α,β-unsaturated/α-hetero) is 4. The van der Waals surface area contributed by atoms with E-state index in [-0.39, 0.29) is 79.2 Å². The fraction of sp³-hybridized carbons (Fsp3) is 0.522. The highest BCUT2D eigenvalue weighted by Crippen LogP contribution is 2.25. The molecular weight excluding hydrogens is 425 g/mol. The number of hydrogen-bond acceptors (Lipinski definition) is 5. The Kier molecular flexibility index (Phi) is 11.1. The molecule has 30 heavy (non-hydrogen) atoms. The van der Waals surface area contributed by atoms with Gasteiger partial charge in [0.05, 0.1) is 0 Å². The van der Waals surface area contributed by atoms with Gasteiger partial charge in [-0.1, -0.05) is 43.1 Å². The lowest BCUT2D eigenvalue weighted by Crippen LogP contribution is -2.21. The summed E-state index contributed by atoms with van der Waals surface area (Å²) in [4.78, 5) is 47.9. The van der Waals surface area contributed by atoms with Gasteiger partial charge in [-0.25, -0.2) is 0 Å². The predicted octanol–water partition coefficient (Wildman–Crippen LogP) is 5.46. The van der Waals surface area contributed by atoms with Crippen LogP contribution in [-0.4, -0.2) is 28.8 Å². The second kappa shape index (κ2) is 12.8. The first-order valence-corrected chi connectivity index (χ1v) is 10.8. The highest BCUT2D eigenvalue weighted by atomic mass is 35.5. The average molecular weight is 454 g/mol. The van der Waals surface area contributed by atoms with Crippen molar-refractivity contribution in [1.29, 1.82) is 5.41 Å². The van der Waals surface area contributed by atoms with E-state index in [1.54, 1.807) is 18.2 Å². The zero-order valence-corrected chi connectivity index (χ0v) is 19.2. The Bertz CT molecular complexity index is 797. The SMILES string of the molecule is CC(=O)[C@@H](CC(=O)CCCC(=O)CC(=N)CC(=O)Cc1c(Cl)cccc1Cl)C(C)C. The van der Waals surface area contributed by atoms with Gasteiger partial charge in [-0.05, 0) is 37.0 Å². The van der Waals surface area contributed by atoms with Gasteiger partial charge in [0.15, 0.2) is 0 Å². The molecule has 0 bridgehead atoms. The molecule has 1 atom stereocenters. The maximum absolute atomic E-state index is 12.2. The van der Waals surface area contributed by atoms with Crippen LogP contribution in [0.3, 0.4) is 0 Å². The highest BCUT2D eigenvalue weighted by molar-refractivity contribution is 6.36. The molecule has 164 valence electrons. The van der Waals surface area contributed by atoms with Gasteiger partial charge >= 0.3 is 0 Å². The number of nitrogens with one attached hydrogen (secondary N) is 1. The molecule has 0 heterocycles. The van der Waals surface area contributed by atoms with Crippen LogP contribution < -0.4 is 0 Å². The third-order valence-electron chi connectivity index (χ3n) is 4.94. The topological polar surface area (TPSA) is 92.1 Å². The maximum Gasteiger partial charge on any atom is 0.142 e. The molecule has 1 N–H and O–H groups in total. The first-order valence-electron chi connectivity index (χ1n) is 10.1. The summed E-state index contributed by atoms with van der Waals surface area (Å²) >= 11 is 12.1. The maximum atomic E-state index is 12.2. The molecule has 0 aliphatic rings. The van der Waals surface area contributed by atoms with E-state index in [1.807, 2.05) is 13.8 Å². The fourth-order valence-corrected chi connectivity index (χ4v) is 3.80. The first-order chi connectivity index (χ1) is 14.0. The molecule has 5 nitrogen and oxygen atoms in total. The summed E-state index contributed by atoms with van der Waals surface area (Å²) in [6.45, 7) is 5.32. The lowest BCUT2D eigenvalue weighted by molar-refractivity contribution is -0.128. The first kappa shape index (κ1) is 26.2. The number of ketones is 4. The lowest BCUT2D eigenvalue weighted by atomic mass is 9.86. The molecular formula is C23H29Cl2NO4. The number of benzene rings is 1. The van der Waals surface area contributed by atoms with Crippen molar-refractivity contribution in [3.63, 3.8) is 0 Å². The van der Waals surface area contributed by atoms with Crippen molar-refractivity contribution in [2.75, 3.05) is 0 Å². The Morgan fingerprint density at radius 3 is 2.00 bits per heavy atom. The molecule has 1 aromatic carbocycles. The summed E-state index contributed by atoms with van der Waals surface area (Å²) in [6, 6.07) is 4.98. The fourth-order valence-electron chi connectivity index (χ4n) is 3.27. The van der Waals surface area contributed by atoms with Crippen molar-refractivity contribution in [2.24, 2.45) is 11.8 Å². The summed E-state index contributed by atoms with van der Waals surface area (Å²) in [6.07, 6.45) is 0.757. The molecule has 0 aliphatic carbocycles. The second-order valence-corrected chi connectivity index (χ2v) is 8.78. The zero-order chi connectivity index (χ0) is 22.8. The third kappa shape index (κ3) is 9.31. The number of carbonyl (C=O) groups is 4. The standard InChI is InChI=1S/C23H29Cl2NO4/c1-14(2)20(15(3)27)12-18(29)7-4-6-17(28)10-16(26)11-19(30)13-21-22(24)8-5-9-23(21)25/h5,8-9,14,20,26H,4,6-7,10-13H2,1-3H3/t20-/m0/s1. The van der Waals surface area contributed by atoms with E-state index in [4.69, 9.17) is 28.6 Å². The quantitative estimate of drug-likeness (QED) is 0.378. The van der Waals surface area contributed by atoms with Crippen molar-refractivity contribution in [3.8, 4) is 0 Å². The number of carbonyl (C=O) groups excluding carboxylic acids is 4. The lowest BCUT2D eigenvalue weighted by Gasteiger charge is -2.16. The molecule has 0 radical (unpaired) electrons. The number of hydrogen-bond donors (Lipinski definition) is 1. The minimum absolute atomic E-state index is 0.00520.